The number of nitrogens with one attached hydrogen (secondary N) is 1. The topological polar surface area (TPSA) is 29.1 Å². The Balaban J connectivity index is 2.22. The highest BCUT2D eigenvalue weighted by Gasteiger charge is 2.14. The normalized spacial score (nSPS) is 14.8. The summed E-state index contributed by atoms with van der Waals surface area (Å²) in [5, 5.41) is 3.68. The lowest BCUT2D eigenvalue weighted by atomic mass is 10.0. The summed E-state index contributed by atoms with van der Waals surface area (Å²) < 4.78 is 0. The molecule has 14 heavy (non-hydrogen) atoms. The Labute approximate surface area is 87.6 Å². The molecule has 1 aliphatic heterocycles. The van der Waals surface area contributed by atoms with Crippen molar-refractivity contribution in [3.8, 4) is 0 Å². The molecule has 1 heterocycles. The van der Waals surface area contributed by atoms with Crippen molar-refractivity contribution in [3.63, 3.8) is 0 Å². The summed E-state index contributed by atoms with van der Waals surface area (Å²) in [5.41, 5.74) is 1.54. The third-order valence-corrected chi connectivity index (χ3v) is 2.47. The molecule has 2 nitrogen and oxygen atoms in total. The molecule has 0 bridgehead atoms. The highest BCUT2D eigenvalue weighted by Crippen LogP contribution is 2.16. The molecular formula is C11H10ClNO. The summed E-state index contributed by atoms with van der Waals surface area (Å²) in [4.78, 5) is 11.8. The third kappa shape index (κ3) is 1.80. The lowest BCUT2D eigenvalue weighted by Gasteiger charge is -2.00. The number of hydrogen-bond acceptors (Lipinski definition) is 2. The molecule has 0 saturated heterocycles. The van der Waals surface area contributed by atoms with E-state index in [9.17, 15) is 4.79 Å². The summed E-state index contributed by atoms with van der Waals surface area (Å²) in [6.45, 7) is 0.856. The Morgan fingerprint density at radius 3 is 2.57 bits per heavy atom. The molecule has 0 aliphatic carbocycles. The highest BCUT2D eigenvalue weighted by atomic mass is 35.5. The molecule has 0 spiro atoms. The van der Waals surface area contributed by atoms with E-state index in [0.717, 1.165) is 18.5 Å². The zero-order chi connectivity index (χ0) is 9.97. The summed E-state index contributed by atoms with van der Waals surface area (Å²) in [7, 11) is 0. The van der Waals surface area contributed by atoms with Crippen molar-refractivity contribution in [1.82, 2.24) is 5.32 Å². The van der Waals surface area contributed by atoms with Crippen LogP contribution in [0.15, 0.2) is 36.0 Å². The van der Waals surface area contributed by atoms with Crippen LogP contribution in [0.4, 0.5) is 0 Å². The number of halogens is 1. The lowest BCUT2D eigenvalue weighted by Crippen LogP contribution is -2.01. The number of carbonyl (C=O) groups is 1. The van der Waals surface area contributed by atoms with Gasteiger partial charge in [-0.05, 0) is 30.7 Å². The molecule has 0 atom stereocenters. The number of ketones is 1. The lowest BCUT2D eigenvalue weighted by molar-refractivity contribution is 0.103. The van der Waals surface area contributed by atoms with E-state index in [4.69, 9.17) is 11.6 Å². The molecular weight excluding hydrogens is 198 g/mol. The predicted octanol–water partition coefficient (Wildman–Crippen LogP) is 2.40. The van der Waals surface area contributed by atoms with Crippen LogP contribution in [0.3, 0.4) is 0 Å². The van der Waals surface area contributed by atoms with E-state index in [1.165, 1.54) is 0 Å². The van der Waals surface area contributed by atoms with Crippen molar-refractivity contribution in [2.75, 3.05) is 6.54 Å². The van der Waals surface area contributed by atoms with Crippen LogP contribution in [0.5, 0.6) is 0 Å². The second kappa shape index (κ2) is 3.84. The van der Waals surface area contributed by atoms with Gasteiger partial charge < -0.3 is 5.32 Å². The van der Waals surface area contributed by atoms with E-state index in [-0.39, 0.29) is 5.78 Å². The van der Waals surface area contributed by atoms with Crippen LogP contribution >= 0.6 is 11.6 Å². The first-order valence-corrected chi connectivity index (χ1v) is 4.88. The number of carbonyl (C=O) groups excluding carboxylic acids is 1. The van der Waals surface area contributed by atoms with Gasteiger partial charge in [0.05, 0.1) is 0 Å². The standard InChI is InChI=1S/C11H10ClNO/c12-10-3-1-8(2-4-10)11(14)9-5-6-13-7-9/h1-4,7,13H,5-6H2. The Bertz CT molecular complexity index is 381. The minimum Gasteiger partial charge on any atom is -0.390 e. The first-order valence-electron chi connectivity index (χ1n) is 4.50. The van der Waals surface area contributed by atoms with Crippen molar-refractivity contribution in [1.29, 1.82) is 0 Å². The zero-order valence-corrected chi connectivity index (χ0v) is 8.34. The van der Waals surface area contributed by atoms with Crippen LogP contribution in [0.2, 0.25) is 5.02 Å². The Hall–Kier alpha value is -1.28. The maximum absolute atomic E-state index is 11.8. The maximum atomic E-state index is 11.8. The van der Waals surface area contributed by atoms with Gasteiger partial charge in [0.15, 0.2) is 5.78 Å². The molecule has 1 N–H and O–H groups in total. The molecule has 1 aromatic carbocycles. The van der Waals surface area contributed by atoms with Crippen LogP contribution in [-0.2, 0) is 0 Å². The van der Waals surface area contributed by atoms with Gasteiger partial charge in [0, 0.05) is 28.9 Å². The SMILES string of the molecule is O=C(C1=CNCC1)c1ccc(Cl)cc1. The monoisotopic (exact) mass is 207 g/mol. The fraction of sp³-hybridized carbons (Fsp3) is 0.182. The Morgan fingerprint density at radius 2 is 2.00 bits per heavy atom. The molecule has 1 aromatic rings. The molecule has 0 aromatic heterocycles. The summed E-state index contributed by atoms with van der Waals surface area (Å²) >= 11 is 5.74. The van der Waals surface area contributed by atoms with Crippen molar-refractivity contribution >= 4 is 17.4 Å². The maximum Gasteiger partial charge on any atom is 0.190 e. The fourth-order valence-corrected chi connectivity index (χ4v) is 1.57. The molecule has 2 rings (SSSR count). The minimum absolute atomic E-state index is 0.0895. The number of hydrogen-bond donors (Lipinski definition) is 1. The molecule has 0 saturated carbocycles. The van der Waals surface area contributed by atoms with Gasteiger partial charge in [0.25, 0.3) is 0 Å². The first kappa shape index (κ1) is 9.28. The molecule has 0 unspecified atom stereocenters. The van der Waals surface area contributed by atoms with Gasteiger partial charge in [0.1, 0.15) is 0 Å². The molecule has 0 amide bonds. The number of rotatable bonds is 2. The molecule has 0 fully saturated rings. The average Bonchev–Trinajstić information content (AvgIpc) is 2.71. The van der Waals surface area contributed by atoms with Gasteiger partial charge in [0.2, 0.25) is 0 Å². The van der Waals surface area contributed by atoms with E-state index in [1.807, 2.05) is 0 Å². The molecule has 3 heteroatoms. The van der Waals surface area contributed by atoms with Gasteiger partial charge in [-0.1, -0.05) is 11.6 Å². The summed E-state index contributed by atoms with van der Waals surface area (Å²) in [6, 6.07) is 6.98. The van der Waals surface area contributed by atoms with Crippen LogP contribution in [0.1, 0.15) is 16.8 Å². The van der Waals surface area contributed by atoms with E-state index in [2.05, 4.69) is 5.32 Å². The van der Waals surface area contributed by atoms with Gasteiger partial charge in [-0.2, -0.15) is 0 Å². The largest absolute Gasteiger partial charge is 0.390 e. The van der Waals surface area contributed by atoms with E-state index in [0.29, 0.717) is 10.6 Å². The van der Waals surface area contributed by atoms with Crippen molar-refractivity contribution in [2.45, 2.75) is 6.42 Å². The Morgan fingerprint density at radius 1 is 1.29 bits per heavy atom. The second-order valence-corrected chi connectivity index (χ2v) is 3.65. The van der Waals surface area contributed by atoms with E-state index < -0.39 is 0 Å². The third-order valence-electron chi connectivity index (χ3n) is 2.21. The zero-order valence-electron chi connectivity index (χ0n) is 7.59. The predicted molar refractivity (Wildman–Crippen MR) is 56.5 cm³/mol. The fourth-order valence-electron chi connectivity index (χ4n) is 1.44. The smallest absolute Gasteiger partial charge is 0.190 e. The first-order chi connectivity index (χ1) is 6.77. The average molecular weight is 208 g/mol. The second-order valence-electron chi connectivity index (χ2n) is 3.21. The van der Waals surface area contributed by atoms with Crippen LogP contribution in [0.25, 0.3) is 0 Å². The molecule has 1 aliphatic rings. The summed E-state index contributed by atoms with van der Waals surface area (Å²) in [6.07, 6.45) is 2.60. The van der Waals surface area contributed by atoms with Gasteiger partial charge in [-0.25, -0.2) is 0 Å². The minimum atomic E-state index is 0.0895. The molecule has 0 radical (unpaired) electrons. The van der Waals surface area contributed by atoms with Crippen molar-refractivity contribution in [2.24, 2.45) is 0 Å². The van der Waals surface area contributed by atoms with Crippen LogP contribution in [-0.4, -0.2) is 12.3 Å². The van der Waals surface area contributed by atoms with E-state index >= 15 is 0 Å². The number of Topliss-reactive ketones (excluding diaryl/α,β-unsaturated/α-hetero) is 1. The Kier molecular flexibility index (Phi) is 2.55. The highest BCUT2D eigenvalue weighted by molar-refractivity contribution is 6.30. The van der Waals surface area contributed by atoms with Crippen molar-refractivity contribution in [3.05, 3.63) is 46.6 Å². The van der Waals surface area contributed by atoms with Gasteiger partial charge >= 0.3 is 0 Å². The quantitative estimate of drug-likeness (QED) is 0.755. The van der Waals surface area contributed by atoms with Gasteiger partial charge in [-0.15, -0.1) is 0 Å². The van der Waals surface area contributed by atoms with Crippen LogP contribution in [0, 0.1) is 0 Å². The molecule has 72 valence electrons. The van der Waals surface area contributed by atoms with Gasteiger partial charge in [-0.3, -0.25) is 4.79 Å². The summed E-state index contributed by atoms with van der Waals surface area (Å²) in [5.74, 6) is 0.0895. The van der Waals surface area contributed by atoms with Crippen LogP contribution < -0.4 is 5.32 Å². The van der Waals surface area contributed by atoms with Crippen molar-refractivity contribution < 1.29 is 4.79 Å². The van der Waals surface area contributed by atoms with E-state index in [1.54, 1.807) is 30.5 Å². The number of benzene rings is 1.